The highest BCUT2D eigenvalue weighted by atomic mass is 35.5. The molecule has 200 valence electrons. The molecule has 1 aliphatic heterocycles. The van der Waals surface area contributed by atoms with E-state index >= 15 is 0 Å². The number of aromatic nitrogens is 1. The Hall–Kier alpha value is -4.08. The summed E-state index contributed by atoms with van der Waals surface area (Å²) in [4.78, 5) is 32.0. The first-order chi connectivity index (χ1) is 18.8. The zero-order chi connectivity index (χ0) is 27.7. The van der Waals surface area contributed by atoms with E-state index in [1.165, 1.54) is 15.9 Å². The van der Waals surface area contributed by atoms with Crippen molar-refractivity contribution >= 4 is 35.0 Å². The van der Waals surface area contributed by atoms with Gasteiger partial charge in [0, 0.05) is 22.7 Å². The monoisotopic (exact) mass is 564 g/mol. The molecule has 0 radical (unpaired) electrons. The van der Waals surface area contributed by atoms with Crippen molar-refractivity contribution in [3.8, 4) is 22.8 Å². The lowest BCUT2D eigenvalue weighted by molar-refractivity contribution is -0.139. The lowest BCUT2D eigenvalue weighted by atomic mass is 9.95. The number of thiazole rings is 1. The molecule has 1 atom stereocenters. The van der Waals surface area contributed by atoms with Crippen molar-refractivity contribution in [3.05, 3.63) is 102 Å². The summed E-state index contributed by atoms with van der Waals surface area (Å²) in [6, 6.07) is 15.4. The van der Waals surface area contributed by atoms with Gasteiger partial charge in [0.1, 0.15) is 23.0 Å². The van der Waals surface area contributed by atoms with Gasteiger partial charge in [0.05, 0.1) is 42.7 Å². The first-order valence-electron chi connectivity index (χ1n) is 12.1. The van der Waals surface area contributed by atoms with E-state index in [-0.39, 0.29) is 17.7 Å². The van der Waals surface area contributed by atoms with E-state index in [0.717, 1.165) is 5.56 Å². The number of rotatable bonds is 7. The van der Waals surface area contributed by atoms with E-state index in [0.29, 0.717) is 48.6 Å². The Labute approximate surface area is 233 Å². The molecule has 2 aromatic carbocycles. The Bertz CT molecular complexity index is 1740. The first-order valence-corrected chi connectivity index (χ1v) is 13.3. The van der Waals surface area contributed by atoms with E-state index < -0.39 is 12.0 Å². The van der Waals surface area contributed by atoms with Crippen molar-refractivity contribution < 1.29 is 23.4 Å². The SMILES string of the molecule is CCOC(=O)C1=C(C)N=c2s/c(=C\c3ccc(-c4ccc(Cl)cc4)o3)c(=O)n2C1c1cc(OC)cc(OC)c1. The largest absolute Gasteiger partial charge is 0.497 e. The molecular weight excluding hydrogens is 540 g/mol. The smallest absolute Gasteiger partial charge is 0.338 e. The van der Waals surface area contributed by atoms with Crippen LogP contribution in [0.5, 0.6) is 11.5 Å². The first kappa shape index (κ1) is 26.5. The number of esters is 1. The molecule has 0 spiro atoms. The van der Waals surface area contributed by atoms with Crippen LogP contribution in [-0.2, 0) is 9.53 Å². The number of carbonyl (C=O) groups is 1. The Morgan fingerprint density at radius 2 is 1.79 bits per heavy atom. The molecule has 1 aliphatic rings. The zero-order valence-electron chi connectivity index (χ0n) is 21.7. The summed E-state index contributed by atoms with van der Waals surface area (Å²) in [5, 5.41) is 0.632. The van der Waals surface area contributed by atoms with E-state index in [1.54, 1.807) is 70.5 Å². The van der Waals surface area contributed by atoms with Crippen molar-refractivity contribution in [2.45, 2.75) is 19.9 Å². The third-order valence-electron chi connectivity index (χ3n) is 6.24. The van der Waals surface area contributed by atoms with E-state index in [2.05, 4.69) is 4.99 Å². The Morgan fingerprint density at radius 3 is 2.44 bits per heavy atom. The van der Waals surface area contributed by atoms with Crippen molar-refractivity contribution in [2.24, 2.45) is 4.99 Å². The van der Waals surface area contributed by atoms with Crippen LogP contribution in [0.15, 0.2) is 80.1 Å². The average molecular weight is 565 g/mol. The van der Waals surface area contributed by atoms with Crippen LogP contribution < -0.4 is 24.4 Å². The molecule has 2 aromatic heterocycles. The fourth-order valence-electron chi connectivity index (χ4n) is 4.42. The minimum absolute atomic E-state index is 0.183. The zero-order valence-corrected chi connectivity index (χ0v) is 23.3. The van der Waals surface area contributed by atoms with Crippen LogP contribution in [0.3, 0.4) is 0 Å². The molecule has 0 amide bonds. The molecule has 39 heavy (non-hydrogen) atoms. The van der Waals surface area contributed by atoms with Gasteiger partial charge < -0.3 is 18.6 Å². The second-order valence-electron chi connectivity index (χ2n) is 8.66. The molecule has 0 saturated carbocycles. The Morgan fingerprint density at radius 1 is 1.10 bits per heavy atom. The molecule has 3 heterocycles. The van der Waals surface area contributed by atoms with E-state index in [4.69, 9.17) is 30.2 Å². The maximum atomic E-state index is 13.8. The highest BCUT2D eigenvalue weighted by molar-refractivity contribution is 7.07. The van der Waals surface area contributed by atoms with Gasteiger partial charge in [0.15, 0.2) is 4.80 Å². The summed E-state index contributed by atoms with van der Waals surface area (Å²) in [6.07, 6.45) is 1.68. The lowest BCUT2D eigenvalue weighted by Crippen LogP contribution is -2.40. The maximum absolute atomic E-state index is 13.8. The van der Waals surface area contributed by atoms with Gasteiger partial charge in [-0.2, -0.15) is 0 Å². The summed E-state index contributed by atoms with van der Waals surface area (Å²) >= 11 is 7.21. The number of hydrogen-bond acceptors (Lipinski definition) is 8. The Balaban J connectivity index is 1.66. The van der Waals surface area contributed by atoms with Crippen LogP contribution in [0.2, 0.25) is 5.02 Å². The number of ether oxygens (including phenoxy) is 3. The molecular formula is C29H25ClN2O6S. The predicted octanol–water partition coefficient (Wildman–Crippen LogP) is 4.73. The summed E-state index contributed by atoms with van der Waals surface area (Å²) in [5.74, 6) is 1.65. The fourth-order valence-corrected chi connectivity index (χ4v) is 5.58. The second kappa shape index (κ2) is 11.0. The molecule has 0 N–H and O–H groups in total. The second-order valence-corrected chi connectivity index (χ2v) is 10.1. The van der Waals surface area contributed by atoms with Gasteiger partial charge in [0.2, 0.25) is 0 Å². The third-order valence-corrected chi connectivity index (χ3v) is 7.47. The molecule has 8 nitrogen and oxygen atoms in total. The number of fused-ring (bicyclic) bond motifs is 1. The third kappa shape index (κ3) is 5.15. The summed E-state index contributed by atoms with van der Waals surface area (Å²) < 4.78 is 24.2. The maximum Gasteiger partial charge on any atom is 0.338 e. The minimum atomic E-state index is -0.798. The van der Waals surface area contributed by atoms with Gasteiger partial charge in [0.25, 0.3) is 5.56 Å². The molecule has 1 unspecified atom stereocenters. The van der Waals surface area contributed by atoms with Crippen LogP contribution in [0, 0.1) is 0 Å². The van der Waals surface area contributed by atoms with Gasteiger partial charge in [-0.1, -0.05) is 22.9 Å². The van der Waals surface area contributed by atoms with Gasteiger partial charge >= 0.3 is 5.97 Å². The van der Waals surface area contributed by atoms with Crippen LogP contribution in [0.1, 0.15) is 31.2 Å². The van der Waals surface area contributed by atoms with E-state index in [9.17, 15) is 9.59 Å². The van der Waals surface area contributed by atoms with Gasteiger partial charge in [-0.3, -0.25) is 9.36 Å². The number of allylic oxidation sites excluding steroid dienone is 1. The number of carbonyl (C=O) groups excluding carboxylic acids is 1. The van der Waals surface area contributed by atoms with E-state index in [1.807, 2.05) is 18.2 Å². The lowest BCUT2D eigenvalue weighted by Gasteiger charge is -2.25. The predicted molar refractivity (Wildman–Crippen MR) is 149 cm³/mol. The normalized spacial score (nSPS) is 15.1. The van der Waals surface area contributed by atoms with Gasteiger partial charge in [-0.05, 0) is 67.9 Å². The number of furan rings is 1. The van der Waals surface area contributed by atoms with Gasteiger partial charge in [-0.15, -0.1) is 0 Å². The molecule has 0 saturated heterocycles. The molecule has 0 fully saturated rings. The summed E-state index contributed by atoms with van der Waals surface area (Å²) in [5.41, 5.74) is 1.91. The van der Waals surface area contributed by atoms with Crippen LogP contribution in [0.25, 0.3) is 17.4 Å². The van der Waals surface area contributed by atoms with Gasteiger partial charge in [-0.25, -0.2) is 9.79 Å². The highest BCUT2D eigenvalue weighted by Crippen LogP contribution is 2.35. The van der Waals surface area contributed by atoms with Crippen LogP contribution >= 0.6 is 22.9 Å². The summed E-state index contributed by atoms with van der Waals surface area (Å²) in [7, 11) is 3.08. The number of methoxy groups -OCH3 is 2. The number of halogens is 1. The van der Waals surface area contributed by atoms with Crippen molar-refractivity contribution in [1.82, 2.24) is 4.57 Å². The number of benzene rings is 2. The molecule has 10 heteroatoms. The van der Waals surface area contributed by atoms with Crippen molar-refractivity contribution in [3.63, 3.8) is 0 Å². The van der Waals surface area contributed by atoms with Crippen molar-refractivity contribution in [1.29, 1.82) is 0 Å². The standard InChI is InChI=1S/C29H25ClN2O6S/c1-5-37-28(34)25-16(2)31-29-32(26(25)18-12-21(35-3)14-22(13-18)36-4)27(33)24(39-29)15-20-10-11-23(38-20)17-6-8-19(30)9-7-17/h6-15,26H,5H2,1-4H3/b24-15-. The topological polar surface area (TPSA) is 92.3 Å². The molecule has 4 aromatic rings. The molecule has 5 rings (SSSR count). The minimum Gasteiger partial charge on any atom is -0.497 e. The van der Waals surface area contributed by atoms with Crippen LogP contribution in [0.4, 0.5) is 0 Å². The Kier molecular flexibility index (Phi) is 7.45. The highest BCUT2D eigenvalue weighted by Gasteiger charge is 2.34. The number of nitrogens with zero attached hydrogens (tertiary/aromatic N) is 2. The fraction of sp³-hybridized carbons (Fsp3) is 0.207. The molecule has 0 aliphatic carbocycles. The average Bonchev–Trinajstić information content (AvgIpc) is 3.52. The molecule has 0 bridgehead atoms. The van der Waals surface area contributed by atoms with Crippen molar-refractivity contribution in [2.75, 3.05) is 20.8 Å². The van der Waals surface area contributed by atoms with Crippen LogP contribution in [-0.4, -0.2) is 31.4 Å². The quantitative estimate of drug-likeness (QED) is 0.301. The number of hydrogen-bond donors (Lipinski definition) is 0. The summed E-state index contributed by atoms with van der Waals surface area (Å²) in [6.45, 7) is 3.65.